The van der Waals surface area contributed by atoms with Crippen LogP contribution in [0, 0.1) is 5.92 Å². The maximum atomic E-state index is 12.8. The van der Waals surface area contributed by atoms with Crippen molar-refractivity contribution in [3.05, 3.63) is 87.1 Å². The Hall–Kier alpha value is -4.57. The molecular weight excluding hydrogens is 538 g/mol. The zero-order chi connectivity index (χ0) is 29.2. The number of fused-ring (bicyclic) bond motifs is 5. The standard InChI is InChI=1S/C32H33N3O7/c1-39-27-9-7-21(14-29(27)40-2)25-13-22-6-8-24(15-28(22)42-32(25)38)41-19-30(36)33-10-11-34-16-20-12-23(18-34)26-4-3-5-31(37)35(26)17-20/h3-9,13-15,20,23H,10-12,16-19H2,1-2H3,(H,33,36). The Labute approximate surface area is 242 Å². The van der Waals surface area contributed by atoms with Crippen LogP contribution in [0.5, 0.6) is 17.2 Å². The van der Waals surface area contributed by atoms with Crippen molar-refractivity contribution in [2.75, 3.05) is 47.0 Å². The van der Waals surface area contributed by atoms with E-state index < -0.39 is 5.63 Å². The van der Waals surface area contributed by atoms with E-state index >= 15 is 0 Å². The van der Waals surface area contributed by atoms with Gasteiger partial charge in [-0.2, -0.15) is 0 Å². The van der Waals surface area contributed by atoms with Crippen LogP contribution in [0.2, 0.25) is 0 Å². The molecule has 0 saturated carbocycles. The lowest BCUT2D eigenvalue weighted by molar-refractivity contribution is -0.123. The molecule has 1 fully saturated rings. The highest BCUT2D eigenvalue weighted by Gasteiger charge is 2.34. The molecule has 2 unspecified atom stereocenters. The van der Waals surface area contributed by atoms with E-state index in [0.29, 0.717) is 52.3 Å². The number of hydrogen-bond acceptors (Lipinski definition) is 8. The minimum atomic E-state index is -0.498. The molecule has 2 aromatic heterocycles. The lowest BCUT2D eigenvalue weighted by Gasteiger charge is -2.42. The molecule has 4 heterocycles. The molecule has 2 atom stereocenters. The molecule has 1 saturated heterocycles. The van der Waals surface area contributed by atoms with Crippen molar-refractivity contribution in [3.8, 4) is 28.4 Å². The number of carbonyl (C=O) groups is 1. The molecule has 2 bridgehead atoms. The fourth-order valence-corrected chi connectivity index (χ4v) is 6.12. The number of likely N-dealkylation sites (tertiary alicyclic amines) is 1. The largest absolute Gasteiger partial charge is 0.493 e. The van der Waals surface area contributed by atoms with E-state index in [2.05, 4.69) is 16.3 Å². The van der Waals surface area contributed by atoms with Crippen molar-refractivity contribution < 1.29 is 23.4 Å². The molecule has 42 heavy (non-hydrogen) atoms. The van der Waals surface area contributed by atoms with E-state index in [-0.39, 0.29) is 18.1 Å². The Kier molecular flexibility index (Phi) is 7.71. The maximum Gasteiger partial charge on any atom is 0.344 e. The van der Waals surface area contributed by atoms with Gasteiger partial charge in [-0.15, -0.1) is 0 Å². The summed E-state index contributed by atoms with van der Waals surface area (Å²) in [6, 6.07) is 17.7. The number of nitrogens with zero attached hydrogens (tertiary/aromatic N) is 2. The SMILES string of the molecule is COc1ccc(-c2cc3ccc(OCC(=O)NCCN4CC5CC(C4)c4cccc(=O)n4C5)cc3oc2=O)cc1OC. The molecule has 2 aromatic carbocycles. The minimum absolute atomic E-state index is 0.0795. The predicted molar refractivity (Wildman–Crippen MR) is 158 cm³/mol. The molecule has 2 aliphatic heterocycles. The fraction of sp³-hybridized carbons (Fsp3) is 0.344. The molecule has 4 aromatic rings. The first-order valence-electron chi connectivity index (χ1n) is 14.0. The first-order valence-corrected chi connectivity index (χ1v) is 14.0. The third-order valence-corrected chi connectivity index (χ3v) is 8.08. The lowest BCUT2D eigenvalue weighted by atomic mass is 9.83. The summed E-state index contributed by atoms with van der Waals surface area (Å²) in [4.78, 5) is 39.9. The van der Waals surface area contributed by atoms with Gasteiger partial charge in [0.05, 0.1) is 19.8 Å². The zero-order valence-corrected chi connectivity index (χ0v) is 23.6. The molecule has 0 aliphatic carbocycles. The van der Waals surface area contributed by atoms with Gasteiger partial charge in [0.2, 0.25) is 0 Å². The van der Waals surface area contributed by atoms with Gasteiger partial charge in [-0.05, 0) is 54.3 Å². The lowest BCUT2D eigenvalue weighted by Crippen LogP contribution is -2.49. The number of rotatable bonds is 9. The number of carbonyl (C=O) groups excluding carboxylic acids is 1. The van der Waals surface area contributed by atoms with Crippen LogP contribution in [-0.4, -0.2) is 62.4 Å². The fourth-order valence-electron chi connectivity index (χ4n) is 6.12. The minimum Gasteiger partial charge on any atom is -0.493 e. The third-order valence-electron chi connectivity index (χ3n) is 8.08. The normalized spacial score (nSPS) is 17.9. The topological polar surface area (TPSA) is 112 Å². The van der Waals surface area contributed by atoms with Crippen molar-refractivity contribution in [2.45, 2.75) is 18.9 Å². The van der Waals surface area contributed by atoms with Gasteiger partial charge in [0.25, 0.3) is 11.5 Å². The van der Waals surface area contributed by atoms with Crippen molar-refractivity contribution in [3.63, 3.8) is 0 Å². The van der Waals surface area contributed by atoms with Gasteiger partial charge in [-0.25, -0.2) is 4.79 Å². The summed E-state index contributed by atoms with van der Waals surface area (Å²) in [6.07, 6.45) is 1.10. The van der Waals surface area contributed by atoms with Crippen LogP contribution in [0.1, 0.15) is 18.0 Å². The van der Waals surface area contributed by atoms with Crippen molar-refractivity contribution in [1.82, 2.24) is 14.8 Å². The van der Waals surface area contributed by atoms with E-state index in [1.54, 1.807) is 55.6 Å². The van der Waals surface area contributed by atoms with E-state index in [0.717, 1.165) is 43.7 Å². The number of pyridine rings is 1. The van der Waals surface area contributed by atoms with Gasteiger partial charge in [-0.1, -0.05) is 12.1 Å². The van der Waals surface area contributed by atoms with Gasteiger partial charge in [0.15, 0.2) is 18.1 Å². The van der Waals surface area contributed by atoms with Crippen LogP contribution < -0.4 is 30.7 Å². The average molecular weight is 572 g/mol. The summed E-state index contributed by atoms with van der Waals surface area (Å²) in [5, 5.41) is 3.65. The highest BCUT2D eigenvalue weighted by Crippen LogP contribution is 2.35. The van der Waals surface area contributed by atoms with Crippen molar-refractivity contribution >= 4 is 16.9 Å². The van der Waals surface area contributed by atoms with E-state index in [9.17, 15) is 14.4 Å². The van der Waals surface area contributed by atoms with E-state index in [1.807, 2.05) is 10.6 Å². The summed E-state index contributed by atoms with van der Waals surface area (Å²) >= 11 is 0. The van der Waals surface area contributed by atoms with Crippen LogP contribution in [0.25, 0.3) is 22.1 Å². The summed E-state index contributed by atoms with van der Waals surface area (Å²) in [5.41, 5.74) is 2.10. The van der Waals surface area contributed by atoms with E-state index in [4.69, 9.17) is 18.6 Å². The summed E-state index contributed by atoms with van der Waals surface area (Å²) in [6.45, 7) is 3.64. The number of benzene rings is 2. The molecule has 1 N–H and O–H groups in total. The van der Waals surface area contributed by atoms with Gasteiger partial charge >= 0.3 is 5.63 Å². The molecule has 10 heteroatoms. The monoisotopic (exact) mass is 571 g/mol. The van der Waals surface area contributed by atoms with Crippen LogP contribution >= 0.6 is 0 Å². The van der Waals surface area contributed by atoms with Gasteiger partial charge in [0.1, 0.15) is 11.3 Å². The Balaban J connectivity index is 1.03. The molecule has 0 radical (unpaired) electrons. The highest BCUT2D eigenvalue weighted by atomic mass is 16.5. The van der Waals surface area contributed by atoms with E-state index in [1.165, 1.54) is 7.11 Å². The number of methoxy groups -OCH3 is 2. The smallest absolute Gasteiger partial charge is 0.344 e. The number of nitrogens with one attached hydrogen (secondary N) is 1. The zero-order valence-electron chi connectivity index (χ0n) is 23.6. The Morgan fingerprint density at radius 2 is 1.83 bits per heavy atom. The Bertz CT molecular complexity index is 1740. The van der Waals surface area contributed by atoms with Crippen molar-refractivity contribution in [2.24, 2.45) is 5.92 Å². The molecule has 6 rings (SSSR count). The van der Waals surface area contributed by atoms with Crippen LogP contribution in [-0.2, 0) is 11.3 Å². The highest BCUT2D eigenvalue weighted by molar-refractivity contribution is 5.83. The Morgan fingerprint density at radius 3 is 2.67 bits per heavy atom. The van der Waals surface area contributed by atoms with Crippen LogP contribution in [0.15, 0.2) is 74.7 Å². The predicted octanol–water partition coefficient (Wildman–Crippen LogP) is 3.25. The van der Waals surface area contributed by atoms with Gasteiger partial charge < -0.3 is 33.4 Å². The second kappa shape index (κ2) is 11.7. The first kappa shape index (κ1) is 27.6. The Morgan fingerprint density at radius 1 is 0.976 bits per heavy atom. The number of aromatic nitrogens is 1. The maximum absolute atomic E-state index is 12.8. The average Bonchev–Trinajstić information content (AvgIpc) is 2.99. The number of piperidine rings is 1. The number of ether oxygens (including phenoxy) is 3. The van der Waals surface area contributed by atoms with Gasteiger partial charge in [-0.3, -0.25) is 9.59 Å². The molecular formula is C32H33N3O7. The van der Waals surface area contributed by atoms with Crippen LogP contribution in [0.4, 0.5) is 0 Å². The molecule has 218 valence electrons. The second-order valence-electron chi connectivity index (χ2n) is 10.8. The first-order chi connectivity index (χ1) is 20.4. The number of hydrogen-bond donors (Lipinski definition) is 1. The third kappa shape index (κ3) is 5.62. The second-order valence-corrected chi connectivity index (χ2v) is 10.8. The van der Waals surface area contributed by atoms with Gasteiger partial charge in [0, 0.05) is 61.9 Å². The summed E-state index contributed by atoms with van der Waals surface area (Å²) < 4.78 is 23.8. The quantitative estimate of drug-likeness (QED) is 0.305. The van der Waals surface area contributed by atoms with Crippen molar-refractivity contribution in [1.29, 1.82) is 0 Å². The van der Waals surface area contributed by atoms with Crippen LogP contribution in [0.3, 0.4) is 0 Å². The molecule has 0 spiro atoms. The summed E-state index contributed by atoms with van der Waals surface area (Å²) in [5.74, 6) is 2.06. The molecule has 10 nitrogen and oxygen atoms in total. The molecule has 2 aliphatic rings. The number of amides is 1. The molecule has 1 amide bonds. The summed E-state index contributed by atoms with van der Waals surface area (Å²) in [7, 11) is 3.09.